The van der Waals surface area contributed by atoms with Crippen molar-refractivity contribution in [2.75, 3.05) is 0 Å². The molecule has 0 bridgehead atoms. The molecule has 1 fully saturated rings. The van der Waals surface area contributed by atoms with Gasteiger partial charge in [0.1, 0.15) is 5.82 Å². The van der Waals surface area contributed by atoms with Crippen LogP contribution in [0.15, 0.2) is 24.4 Å². The van der Waals surface area contributed by atoms with E-state index in [1.54, 1.807) is 6.07 Å². The Labute approximate surface area is 122 Å². The molecule has 106 valence electrons. The van der Waals surface area contributed by atoms with E-state index in [0.29, 0.717) is 12.6 Å². The van der Waals surface area contributed by atoms with Gasteiger partial charge >= 0.3 is 0 Å². The van der Waals surface area contributed by atoms with Gasteiger partial charge in [-0.05, 0) is 31.4 Å². The minimum absolute atomic E-state index is 0.179. The van der Waals surface area contributed by atoms with Gasteiger partial charge in [-0.2, -0.15) is 5.10 Å². The second kappa shape index (κ2) is 5.54. The Morgan fingerprint density at radius 2 is 2.20 bits per heavy atom. The third-order valence-electron chi connectivity index (χ3n) is 3.57. The minimum atomic E-state index is -0.385. The second-order valence-corrected chi connectivity index (χ2v) is 5.68. The molecular formula is C15H17ClFN3. The largest absolute Gasteiger partial charge is 0.310 e. The van der Waals surface area contributed by atoms with Crippen molar-refractivity contribution in [1.82, 2.24) is 15.1 Å². The Morgan fingerprint density at radius 1 is 1.40 bits per heavy atom. The molecule has 1 N–H and O–H groups in total. The summed E-state index contributed by atoms with van der Waals surface area (Å²) in [5, 5.41) is 8.12. The van der Waals surface area contributed by atoms with Gasteiger partial charge in [0, 0.05) is 24.3 Å². The molecule has 1 aliphatic carbocycles. The summed E-state index contributed by atoms with van der Waals surface area (Å²) in [6.45, 7) is 3.32. The maximum absolute atomic E-state index is 13.4. The van der Waals surface area contributed by atoms with Crippen molar-refractivity contribution in [3.63, 3.8) is 0 Å². The Morgan fingerprint density at radius 3 is 2.95 bits per heavy atom. The molecule has 1 heterocycles. The topological polar surface area (TPSA) is 29.9 Å². The van der Waals surface area contributed by atoms with E-state index in [0.717, 1.165) is 17.8 Å². The Hall–Kier alpha value is -1.39. The Bertz CT molecular complexity index is 620. The summed E-state index contributed by atoms with van der Waals surface area (Å²) in [5.41, 5.74) is 2.94. The molecule has 1 aliphatic rings. The average molecular weight is 294 g/mol. The van der Waals surface area contributed by atoms with Gasteiger partial charge in [0.15, 0.2) is 0 Å². The molecule has 0 aliphatic heterocycles. The zero-order valence-corrected chi connectivity index (χ0v) is 12.1. The van der Waals surface area contributed by atoms with E-state index < -0.39 is 0 Å². The molecule has 0 spiro atoms. The van der Waals surface area contributed by atoms with Gasteiger partial charge in [0.05, 0.1) is 17.3 Å². The molecule has 1 aromatic carbocycles. The molecule has 0 atom stereocenters. The van der Waals surface area contributed by atoms with E-state index in [4.69, 9.17) is 11.6 Å². The summed E-state index contributed by atoms with van der Waals surface area (Å²) in [7, 11) is 0. The molecule has 3 rings (SSSR count). The van der Waals surface area contributed by atoms with Crippen molar-refractivity contribution in [3.05, 3.63) is 52.1 Å². The highest BCUT2D eigenvalue weighted by Crippen LogP contribution is 2.22. The lowest BCUT2D eigenvalue weighted by Gasteiger charge is -2.05. The number of hydrogen-bond acceptors (Lipinski definition) is 2. The fourth-order valence-corrected chi connectivity index (χ4v) is 2.39. The van der Waals surface area contributed by atoms with Crippen LogP contribution < -0.4 is 5.32 Å². The molecule has 0 saturated heterocycles. The summed E-state index contributed by atoms with van der Waals surface area (Å²) in [4.78, 5) is 0. The summed E-state index contributed by atoms with van der Waals surface area (Å²) in [6, 6.07) is 5.54. The number of benzene rings is 1. The van der Waals surface area contributed by atoms with Crippen LogP contribution in [-0.4, -0.2) is 15.8 Å². The van der Waals surface area contributed by atoms with Crippen LogP contribution in [0, 0.1) is 12.7 Å². The smallest absolute Gasteiger partial charge is 0.142 e. The SMILES string of the molecule is Cc1nn(Cc2cccc(F)c2Cl)cc1CNC1CC1. The fourth-order valence-electron chi connectivity index (χ4n) is 2.20. The first-order valence-corrected chi connectivity index (χ1v) is 7.20. The Balaban J connectivity index is 1.73. The van der Waals surface area contributed by atoms with Crippen molar-refractivity contribution in [3.8, 4) is 0 Å². The molecular weight excluding hydrogens is 277 g/mol. The quantitative estimate of drug-likeness (QED) is 0.917. The molecule has 1 aromatic heterocycles. The number of aryl methyl sites for hydroxylation is 1. The van der Waals surface area contributed by atoms with Gasteiger partial charge in [-0.15, -0.1) is 0 Å². The first-order chi connectivity index (χ1) is 9.63. The first kappa shape index (κ1) is 13.6. The number of nitrogens with zero attached hydrogens (tertiary/aromatic N) is 2. The predicted octanol–water partition coefficient (Wildman–Crippen LogP) is 3.28. The van der Waals surface area contributed by atoms with E-state index in [-0.39, 0.29) is 10.8 Å². The Kier molecular flexibility index (Phi) is 3.76. The lowest BCUT2D eigenvalue weighted by Crippen LogP contribution is -2.15. The van der Waals surface area contributed by atoms with Crippen molar-refractivity contribution in [1.29, 1.82) is 0 Å². The fraction of sp³-hybridized carbons (Fsp3) is 0.400. The van der Waals surface area contributed by atoms with Gasteiger partial charge in [-0.25, -0.2) is 4.39 Å². The molecule has 0 amide bonds. The van der Waals surface area contributed by atoms with Gasteiger partial charge in [0.2, 0.25) is 0 Å². The number of halogens is 2. The molecule has 1 saturated carbocycles. The summed E-state index contributed by atoms with van der Waals surface area (Å²) in [5.74, 6) is -0.385. The zero-order chi connectivity index (χ0) is 14.1. The first-order valence-electron chi connectivity index (χ1n) is 6.82. The highest BCUT2D eigenvalue weighted by molar-refractivity contribution is 6.31. The maximum atomic E-state index is 13.4. The van der Waals surface area contributed by atoms with Crippen LogP contribution in [0.2, 0.25) is 5.02 Å². The second-order valence-electron chi connectivity index (χ2n) is 5.31. The van der Waals surface area contributed by atoms with E-state index >= 15 is 0 Å². The standard InChI is InChI=1S/C15H17ClFN3/c1-10-12(7-18-13-5-6-13)9-20(19-10)8-11-3-2-4-14(17)15(11)16/h2-4,9,13,18H,5-8H2,1H3. The van der Waals surface area contributed by atoms with Crippen molar-refractivity contribution >= 4 is 11.6 Å². The van der Waals surface area contributed by atoms with Gasteiger partial charge in [-0.1, -0.05) is 23.7 Å². The molecule has 2 aromatic rings. The number of aromatic nitrogens is 2. The summed E-state index contributed by atoms with van der Waals surface area (Å²) >= 11 is 5.97. The molecule has 0 unspecified atom stereocenters. The van der Waals surface area contributed by atoms with Crippen LogP contribution >= 0.6 is 11.6 Å². The summed E-state index contributed by atoms with van der Waals surface area (Å²) < 4.78 is 15.2. The van der Waals surface area contributed by atoms with Crippen molar-refractivity contribution < 1.29 is 4.39 Å². The monoisotopic (exact) mass is 293 g/mol. The molecule has 5 heteroatoms. The van der Waals surface area contributed by atoms with Crippen LogP contribution in [-0.2, 0) is 13.1 Å². The third kappa shape index (κ3) is 3.02. The van der Waals surface area contributed by atoms with E-state index in [9.17, 15) is 4.39 Å². The number of nitrogens with one attached hydrogen (secondary N) is 1. The summed E-state index contributed by atoms with van der Waals surface area (Å²) in [6.07, 6.45) is 4.55. The molecule has 20 heavy (non-hydrogen) atoms. The van der Waals surface area contributed by atoms with Crippen molar-refractivity contribution in [2.24, 2.45) is 0 Å². The average Bonchev–Trinajstić information content (AvgIpc) is 3.18. The lowest BCUT2D eigenvalue weighted by atomic mass is 10.2. The highest BCUT2D eigenvalue weighted by Gasteiger charge is 2.20. The van der Waals surface area contributed by atoms with Gasteiger partial charge in [-0.3, -0.25) is 4.68 Å². The maximum Gasteiger partial charge on any atom is 0.142 e. The van der Waals surface area contributed by atoms with Gasteiger partial charge in [0.25, 0.3) is 0 Å². The highest BCUT2D eigenvalue weighted by atomic mass is 35.5. The number of rotatable bonds is 5. The number of hydrogen-bond donors (Lipinski definition) is 1. The zero-order valence-electron chi connectivity index (χ0n) is 11.4. The van der Waals surface area contributed by atoms with E-state index in [2.05, 4.69) is 10.4 Å². The third-order valence-corrected chi connectivity index (χ3v) is 3.99. The van der Waals surface area contributed by atoms with Crippen LogP contribution in [0.4, 0.5) is 4.39 Å². The van der Waals surface area contributed by atoms with Crippen LogP contribution in [0.1, 0.15) is 29.7 Å². The lowest BCUT2D eigenvalue weighted by molar-refractivity contribution is 0.619. The van der Waals surface area contributed by atoms with E-state index in [1.165, 1.54) is 24.5 Å². The normalized spacial score (nSPS) is 14.8. The predicted molar refractivity (Wildman–Crippen MR) is 77.3 cm³/mol. The van der Waals surface area contributed by atoms with Crippen LogP contribution in [0.5, 0.6) is 0 Å². The van der Waals surface area contributed by atoms with Crippen LogP contribution in [0.3, 0.4) is 0 Å². The molecule has 3 nitrogen and oxygen atoms in total. The minimum Gasteiger partial charge on any atom is -0.310 e. The van der Waals surface area contributed by atoms with E-state index in [1.807, 2.05) is 23.9 Å². The van der Waals surface area contributed by atoms with Crippen LogP contribution in [0.25, 0.3) is 0 Å². The van der Waals surface area contributed by atoms with Gasteiger partial charge < -0.3 is 5.32 Å². The van der Waals surface area contributed by atoms with Crippen molar-refractivity contribution in [2.45, 2.75) is 38.9 Å². The molecule has 0 radical (unpaired) electrons.